The molecular weight excluding hydrogens is 232 g/mol. The van der Waals surface area contributed by atoms with Crippen LogP contribution in [0.3, 0.4) is 0 Å². The molecule has 3 bridgehead atoms. The van der Waals surface area contributed by atoms with Crippen LogP contribution in [0.25, 0.3) is 0 Å². The summed E-state index contributed by atoms with van der Waals surface area (Å²) in [7, 11) is 0. The van der Waals surface area contributed by atoms with Gasteiger partial charge in [-0.2, -0.15) is 0 Å². The Morgan fingerprint density at radius 1 is 1.33 bits per heavy atom. The van der Waals surface area contributed by atoms with Crippen LogP contribution in [0.5, 0.6) is 0 Å². The minimum absolute atomic E-state index is 0.0290. The van der Waals surface area contributed by atoms with E-state index in [1.165, 1.54) is 0 Å². The fourth-order valence-corrected chi connectivity index (χ4v) is 3.65. The Bertz CT molecular complexity index is 364. The predicted octanol–water partition coefficient (Wildman–Crippen LogP) is 0.717. The molecule has 0 aromatic heterocycles. The highest BCUT2D eigenvalue weighted by Gasteiger charge is 2.57. The van der Waals surface area contributed by atoms with E-state index in [0.717, 1.165) is 19.4 Å². The van der Waals surface area contributed by atoms with E-state index in [9.17, 15) is 9.90 Å². The lowest BCUT2D eigenvalue weighted by molar-refractivity contribution is -0.00764. The van der Waals surface area contributed by atoms with Gasteiger partial charge >= 0.3 is 6.09 Å². The minimum atomic E-state index is -0.481. The van der Waals surface area contributed by atoms with Crippen LogP contribution in [0.15, 0.2) is 0 Å². The van der Waals surface area contributed by atoms with Crippen molar-refractivity contribution in [2.24, 2.45) is 5.92 Å². The molecule has 3 aliphatic rings. The first-order valence-electron chi connectivity index (χ1n) is 6.79. The van der Waals surface area contributed by atoms with Crippen molar-refractivity contribution in [3.05, 3.63) is 0 Å². The topological polar surface area (TPSA) is 61.8 Å². The first kappa shape index (κ1) is 12.2. The molecule has 3 heterocycles. The smallest absolute Gasteiger partial charge is 0.410 e. The van der Waals surface area contributed by atoms with Gasteiger partial charge in [-0.25, -0.2) is 4.79 Å². The second kappa shape index (κ2) is 3.84. The molecule has 0 aromatic rings. The van der Waals surface area contributed by atoms with E-state index in [-0.39, 0.29) is 24.2 Å². The molecule has 3 fully saturated rings. The highest BCUT2D eigenvalue weighted by molar-refractivity contribution is 5.70. The summed E-state index contributed by atoms with van der Waals surface area (Å²) in [5, 5.41) is 13.7. The first-order valence-corrected chi connectivity index (χ1v) is 6.79. The summed E-state index contributed by atoms with van der Waals surface area (Å²) in [5.74, 6) is 0.590. The highest BCUT2D eigenvalue weighted by Crippen LogP contribution is 2.42. The molecule has 5 heteroatoms. The molecule has 0 unspecified atom stereocenters. The lowest BCUT2D eigenvalue weighted by atomic mass is 9.88. The second-order valence-corrected chi connectivity index (χ2v) is 6.78. The van der Waals surface area contributed by atoms with E-state index in [0.29, 0.717) is 5.92 Å². The molecule has 5 atom stereocenters. The van der Waals surface area contributed by atoms with E-state index in [1.807, 2.05) is 20.8 Å². The zero-order valence-corrected chi connectivity index (χ0v) is 11.2. The number of aliphatic hydroxyl groups is 1. The van der Waals surface area contributed by atoms with Gasteiger partial charge in [0.1, 0.15) is 5.60 Å². The molecule has 0 saturated carbocycles. The summed E-state index contributed by atoms with van der Waals surface area (Å²) < 4.78 is 5.46. The van der Waals surface area contributed by atoms with E-state index in [4.69, 9.17) is 4.74 Å². The number of ether oxygens (including phenoxy) is 1. The molecule has 102 valence electrons. The number of piperidine rings is 2. The van der Waals surface area contributed by atoms with Crippen molar-refractivity contribution in [2.75, 3.05) is 6.54 Å². The van der Waals surface area contributed by atoms with Crippen LogP contribution in [0.1, 0.15) is 33.6 Å². The molecule has 0 aromatic carbocycles. The Hall–Kier alpha value is -0.810. The van der Waals surface area contributed by atoms with Crippen molar-refractivity contribution in [1.82, 2.24) is 10.2 Å². The van der Waals surface area contributed by atoms with Gasteiger partial charge < -0.3 is 15.2 Å². The van der Waals surface area contributed by atoms with Crippen LogP contribution in [0.2, 0.25) is 0 Å². The summed E-state index contributed by atoms with van der Waals surface area (Å²) in [6, 6.07) is 0.0669. The molecule has 0 radical (unpaired) electrons. The Morgan fingerprint density at radius 3 is 2.67 bits per heavy atom. The number of fused-ring (bicyclic) bond motifs is 2. The second-order valence-electron chi connectivity index (χ2n) is 6.78. The number of rotatable bonds is 0. The number of amides is 1. The van der Waals surface area contributed by atoms with Gasteiger partial charge in [-0.1, -0.05) is 0 Å². The molecule has 3 aliphatic heterocycles. The first-order chi connectivity index (χ1) is 8.37. The number of hydrogen-bond acceptors (Lipinski definition) is 4. The molecule has 3 saturated heterocycles. The van der Waals surface area contributed by atoms with Crippen LogP contribution in [-0.4, -0.2) is 52.5 Å². The Morgan fingerprint density at radius 2 is 2.00 bits per heavy atom. The summed E-state index contributed by atoms with van der Waals surface area (Å²) in [5.41, 5.74) is -0.481. The van der Waals surface area contributed by atoms with Crippen molar-refractivity contribution < 1.29 is 14.6 Å². The molecule has 18 heavy (non-hydrogen) atoms. The average molecular weight is 254 g/mol. The third-order valence-electron chi connectivity index (χ3n) is 4.29. The number of carbonyl (C=O) groups is 1. The third kappa shape index (κ3) is 1.80. The normalized spacial score (nSPS) is 42.2. The molecule has 0 aliphatic carbocycles. The summed E-state index contributed by atoms with van der Waals surface area (Å²) in [6.07, 6.45) is 1.15. The predicted molar refractivity (Wildman–Crippen MR) is 66.2 cm³/mol. The van der Waals surface area contributed by atoms with E-state index < -0.39 is 11.7 Å². The maximum absolute atomic E-state index is 12.3. The minimum Gasteiger partial charge on any atom is -0.444 e. The number of nitrogens with one attached hydrogen (secondary N) is 1. The average Bonchev–Trinajstić information content (AvgIpc) is 2.35. The van der Waals surface area contributed by atoms with Crippen LogP contribution < -0.4 is 5.32 Å². The quantitative estimate of drug-likeness (QED) is 0.668. The van der Waals surface area contributed by atoms with Crippen LogP contribution in [0.4, 0.5) is 4.79 Å². The van der Waals surface area contributed by atoms with Gasteiger partial charge in [0, 0.05) is 0 Å². The van der Waals surface area contributed by atoms with Gasteiger partial charge in [0.15, 0.2) is 0 Å². The lowest BCUT2D eigenvalue weighted by Crippen LogP contribution is -2.56. The van der Waals surface area contributed by atoms with E-state index in [2.05, 4.69) is 5.32 Å². The van der Waals surface area contributed by atoms with Gasteiger partial charge in [-0.3, -0.25) is 4.90 Å². The number of carbonyl (C=O) groups excluding carboxylic acids is 1. The largest absolute Gasteiger partial charge is 0.444 e. The SMILES string of the molecule is CC(C)(C)OC(=O)N1[C@@H]2C[C@H]3CN[C@@H]2[C@H](O)[C@@H]1C3. The van der Waals surface area contributed by atoms with Gasteiger partial charge in [-0.15, -0.1) is 0 Å². The third-order valence-corrected chi connectivity index (χ3v) is 4.29. The van der Waals surface area contributed by atoms with Gasteiger partial charge in [0.25, 0.3) is 0 Å². The van der Waals surface area contributed by atoms with Crippen molar-refractivity contribution in [3.63, 3.8) is 0 Å². The molecule has 0 spiro atoms. The number of hydrogen-bond donors (Lipinski definition) is 2. The highest BCUT2D eigenvalue weighted by atomic mass is 16.6. The van der Waals surface area contributed by atoms with Crippen LogP contribution >= 0.6 is 0 Å². The number of nitrogens with zero attached hydrogens (tertiary/aromatic N) is 1. The zero-order valence-electron chi connectivity index (χ0n) is 11.2. The fraction of sp³-hybridized carbons (Fsp3) is 0.923. The molecule has 1 amide bonds. The zero-order chi connectivity index (χ0) is 13.1. The van der Waals surface area contributed by atoms with Crippen molar-refractivity contribution in [2.45, 2.75) is 63.4 Å². The Balaban J connectivity index is 1.81. The van der Waals surface area contributed by atoms with Crippen molar-refractivity contribution >= 4 is 6.09 Å². The maximum Gasteiger partial charge on any atom is 0.410 e. The Labute approximate surface area is 107 Å². The van der Waals surface area contributed by atoms with Gasteiger partial charge in [0.2, 0.25) is 0 Å². The van der Waals surface area contributed by atoms with E-state index >= 15 is 0 Å². The Kier molecular flexibility index (Phi) is 2.61. The van der Waals surface area contributed by atoms with Crippen molar-refractivity contribution in [1.29, 1.82) is 0 Å². The standard InChI is InChI=1S/C13H22N2O3/c1-13(2,3)18-12(17)15-8-4-7-5-9(15)11(16)10(8)14-6-7/h7-11,14,16H,4-6H2,1-3H3/t7-,8-,9+,10+,11-/m1/s1. The lowest BCUT2D eigenvalue weighted by Gasteiger charge is -2.42. The van der Waals surface area contributed by atoms with Crippen molar-refractivity contribution in [3.8, 4) is 0 Å². The van der Waals surface area contributed by atoms with Gasteiger partial charge in [0.05, 0.1) is 24.2 Å². The summed E-state index contributed by atoms with van der Waals surface area (Å²) in [6.45, 7) is 6.59. The summed E-state index contributed by atoms with van der Waals surface area (Å²) in [4.78, 5) is 14.0. The molecule has 3 rings (SSSR count). The molecule has 2 N–H and O–H groups in total. The van der Waals surface area contributed by atoms with Crippen LogP contribution in [-0.2, 0) is 4.74 Å². The number of aliphatic hydroxyl groups excluding tert-OH is 1. The van der Waals surface area contributed by atoms with Gasteiger partial charge in [-0.05, 0) is 46.1 Å². The van der Waals surface area contributed by atoms with E-state index in [1.54, 1.807) is 4.90 Å². The van der Waals surface area contributed by atoms with Crippen LogP contribution in [0, 0.1) is 5.92 Å². The monoisotopic (exact) mass is 254 g/mol. The molecular formula is C13H22N2O3. The summed E-state index contributed by atoms with van der Waals surface area (Å²) >= 11 is 0. The fourth-order valence-electron chi connectivity index (χ4n) is 3.65. The molecule has 5 nitrogen and oxygen atoms in total. The maximum atomic E-state index is 12.3.